The van der Waals surface area contributed by atoms with Crippen molar-refractivity contribution in [3.05, 3.63) is 18.2 Å². The van der Waals surface area contributed by atoms with Crippen molar-refractivity contribution in [2.75, 3.05) is 25.7 Å². The van der Waals surface area contributed by atoms with Crippen LogP contribution in [0, 0.1) is 0 Å². The molecular weight excluding hydrogens is 218 g/mol. The number of carbonyl (C=O) groups excluding carboxylic acids is 1. The zero-order chi connectivity index (χ0) is 12.3. The molecule has 92 valence electrons. The molecule has 0 unspecified atom stereocenters. The first kappa shape index (κ1) is 11.8. The van der Waals surface area contributed by atoms with Crippen molar-refractivity contribution >= 4 is 11.6 Å². The third-order valence-corrected chi connectivity index (χ3v) is 3.00. The molecule has 1 aliphatic rings. The van der Waals surface area contributed by atoms with Crippen LogP contribution in [-0.4, -0.2) is 26.7 Å². The largest absolute Gasteiger partial charge is 0.493 e. The summed E-state index contributed by atoms with van der Waals surface area (Å²) < 4.78 is 10.4. The Hall–Kier alpha value is -1.71. The minimum atomic E-state index is 0.184. The van der Waals surface area contributed by atoms with Crippen LogP contribution in [0.1, 0.15) is 19.3 Å². The van der Waals surface area contributed by atoms with Crippen molar-refractivity contribution in [1.29, 1.82) is 0 Å². The molecule has 4 heteroatoms. The summed E-state index contributed by atoms with van der Waals surface area (Å²) in [7, 11) is 3.20. The monoisotopic (exact) mass is 235 g/mol. The Morgan fingerprint density at radius 1 is 1.12 bits per heavy atom. The molecule has 1 aromatic rings. The number of anilines is 1. The van der Waals surface area contributed by atoms with Crippen LogP contribution in [0.4, 0.5) is 5.69 Å². The van der Waals surface area contributed by atoms with Crippen LogP contribution in [0.5, 0.6) is 11.5 Å². The lowest BCUT2D eigenvalue weighted by Crippen LogP contribution is -2.35. The summed E-state index contributed by atoms with van der Waals surface area (Å²) in [6.45, 7) is 0.786. The fourth-order valence-electron chi connectivity index (χ4n) is 2.07. The number of hydrogen-bond donors (Lipinski definition) is 0. The number of carbonyl (C=O) groups is 1. The molecule has 1 amide bonds. The summed E-state index contributed by atoms with van der Waals surface area (Å²) in [5, 5.41) is 0. The molecule has 0 aliphatic carbocycles. The predicted octanol–water partition coefficient (Wildman–Crippen LogP) is 2.22. The van der Waals surface area contributed by atoms with Crippen molar-refractivity contribution in [1.82, 2.24) is 0 Å². The summed E-state index contributed by atoms with van der Waals surface area (Å²) in [6.07, 6.45) is 2.68. The highest BCUT2D eigenvalue weighted by molar-refractivity contribution is 5.94. The number of rotatable bonds is 3. The third kappa shape index (κ3) is 2.35. The van der Waals surface area contributed by atoms with E-state index < -0.39 is 0 Å². The maximum absolute atomic E-state index is 11.8. The highest BCUT2D eigenvalue weighted by atomic mass is 16.5. The molecule has 1 fully saturated rings. The molecule has 0 spiro atoms. The average Bonchev–Trinajstić information content (AvgIpc) is 2.38. The minimum absolute atomic E-state index is 0.184. The van der Waals surface area contributed by atoms with Crippen LogP contribution in [-0.2, 0) is 4.79 Å². The minimum Gasteiger partial charge on any atom is -0.493 e. The van der Waals surface area contributed by atoms with E-state index in [1.54, 1.807) is 14.2 Å². The zero-order valence-electron chi connectivity index (χ0n) is 10.2. The molecule has 1 heterocycles. The van der Waals surface area contributed by atoms with E-state index in [0.717, 1.165) is 25.1 Å². The summed E-state index contributed by atoms with van der Waals surface area (Å²) >= 11 is 0. The quantitative estimate of drug-likeness (QED) is 0.806. The van der Waals surface area contributed by atoms with Crippen LogP contribution in [0.15, 0.2) is 18.2 Å². The van der Waals surface area contributed by atoms with E-state index >= 15 is 0 Å². The summed E-state index contributed by atoms with van der Waals surface area (Å²) in [4.78, 5) is 13.6. The van der Waals surface area contributed by atoms with E-state index in [9.17, 15) is 4.79 Å². The zero-order valence-corrected chi connectivity index (χ0v) is 10.2. The van der Waals surface area contributed by atoms with Crippen molar-refractivity contribution in [2.45, 2.75) is 19.3 Å². The topological polar surface area (TPSA) is 38.8 Å². The molecular formula is C13H17NO3. The Morgan fingerprint density at radius 2 is 1.88 bits per heavy atom. The van der Waals surface area contributed by atoms with Gasteiger partial charge in [0.15, 0.2) is 11.5 Å². The lowest BCUT2D eigenvalue weighted by atomic mass is 10.1. The molecule has 0 bridgehead atoms. The second-order valence-corrected chi connectivity index (χ2v) is 4.04. The maximum Gasteiger partial charge on any atom is 0.226 e. The van der Waals surface area contributed by atoms with E-state index in [-0.39, 0.29) is 5.91 Å². The van der Waals surface area contributed by atoms with Crippen LogP contribution < -0.4 is 14.4 Å². The van der Waals surface area contributed by atoms with Gasteiger partial charge < -0.3 is 14.4 Å². The Balaban J connectivity index is 2.29. The molecule has 4 nitrogen and oxygen atoms in total. The number of methoxy groups -OCH3 is 2. The van der Waals surface area contributed by atoms with E-state index in [1.165, 1.54) is 0 Å². The molecule has 1 aromatic carbocycles. The Bertz CT molecular complexity index is 417. The van der Waals surface area contributed by atoms with E-state index in [2.05, 4.69) is 0 Å². The molecule has 0 N–H and O–H groups in total. The molecule has 0 saturated carbocycles. The fraction of sp³-hybridized carbons (Fsp3) is 0.462. The molecule has 0 radical (unpaired) electrons. The summed E-state index contributed by atoms with van der Waals surface area (Å²) in [5.41, 5.74) is 0.882. The first-order chi connectivity index (χ1) is 8.26. The van der Waals surface area contributed by atoms with Gasteiger partial charge in [-0.15, -0.1) is 0 Å². The normalized spacial score (nSPS) is 15.9. The lowest BCUT2D eigenvalue weighted by molar-refractivity contribution is -0.119. The second kappa shape index (κ2) is 5.08. The second-order valence-electron chi connectivity index (χ2n) is 4.04. The van der Waals surface area contributed by atoms with Gasteiger partial charge >= 0.3 is 0 Å². The maximum atomic E-state index is 11.8. The predicted molar refractivity (Wildman–Crippen MR) is 65.8 cm³/mol. The van der Waals surface area contributed by atoms with E-state index in [1.807, 2.05) is 23.1 Å². The summed E-state index contributed by atoms with van der Waals surface area (Å²) in [6, 6.07) is 5.57. The van der Waals surface area contributed by atoms with Crippen LogP contribution >= 0.6 is 0 Å². The van der Waals surface area contributed by atoms with Crippen LogP contribution in [0.25, 0.3) is 0 Å². The van der Waals surface area contributed by atoms with E-state index in [0.29, 0.717) is 17.9 Å². The Labute approximate surface area is 101 Å². The highest BCUT2D eigenvalue weighted by Gasteiger charge is 2.20. The molecule has 0 atom stereocenters. The van der Waals surface area contributed by atoms with Gasteiger partial charge in [0.05, 0.1) is 14.2 Å². The smallest absolute Gasteiger partial charge is 0.226 e. The SMILES string of the molecule is COc1ccc(N2CCCCC2=O)cc1OC. The van der Waals surface area contributed by atoms with Gasteiger partial charge in [-0.25, -0.2) is 0 Å². The average molecular weight is 235 g/mol. The van der Waals surface area contributed by atoms with Gasteiger partial charge in [-0.2, -0.15) is 0 Å². The highest BCUT2D eigenvalue weighted by Crippen LogP contribution is 2.32. The number of nitrogens with zero attached hydrogens (tertiary/aromatic N) is 1. The van der Waals surface area contributed by atoms with Crippen molar-refractivity contribution in [3.8, 4) is 11.5 Å². The lowest BCUT2D eigenvalue weighted by Gasteiger charge is -2.27. The first-order valence-corrected chi connectivity index (χ1v) is 5.78. The summed E-state index contributed by atoms with van der Waals surface area (Å²) in [5.74, 6) is 1.52. The Morgan fingerprint density at radius 3 is 2.53 bits per heavy atom. The van der Waals surface area contributed by atoms with Crippen molar-refractivity contribution in [3.63, 3.8) is 0 Å². The van der Waals surface area contributed by atoms with Crippen molar-refractivity contribution < 1.29 is 14.3 Å². The molecule has 1 aliphatic heterocycles. The number of piperidine rings is 1. The van der Waals surface area contributed by atoms with Gasteiger partial charge in [0, 0.05) is 24.7 Å². The van der Waals surface area contributed by atoms with Gasteiger partial charge in [0.1, 0.15) is 0 Å². The Kier molecular flexibility index (Phi) is 3.52. The van der Waals surface area contributed by atoms with Gasteiger partial charge in [0.25, 0.3) is 0 Å². The van der Waals surface area contributed by atoms with Gasteiger partial charge in [-0.1, -0.05) is 0 Å². The molecule has 0 aromatic heterocycles. The van der Waals surface area contributed by atoms with Crippen LogP contribution in [0.3, 0.4) is 0 Å². The van der Waals surface area contributed by atoms with Gasteiger partial charge in [0.2, 0.25) is 5.91 Å². The number of benzene rings is 1. The van der Waals surface area contributed by atoms with Crippen LogP contribution in [0.2, 0.25) is 0 Å². The number of ether oxygens (including phenoxy) is 2. The first-order valence-electron chi connectivity index (χ1n) is 5.78. The van der Waals surface area contributed by atoms with Crippen molar-refractivity contribution in [2.24, 2.45) is 0 Å². The number of amides is 1. The van der Waals surface area contributed by atoms with Gasteiger partial charge in [-0.3, -0.25) is 4.79 Å². The molecule has 17 heavy (non-hydrogen) atoms. The number of hydrogen-bond acceptors (Lipinski definition) is 3. The standard InChI is InChI=1S/C13H17NO3/c1-16-11-7-6-10(9-12(11)17-2)14-8-4-3-5-13(14)15/h6-7,9H,3-5,8H2,1-2H3. The van der Waals surface area contributed by atoms with E-state index in [4.69, 9.17) is 9.47 Å². The fourth-order valence-corrected chi connectivity index (χ4v) is 2.07. The molecule has 1 saturated heterocycles. The molecule has 2 rings (SSSR count). The third-order valence-electron chi connectivity index (χ3n) is 3.00. The van der Waals surface area contributed by atoms with Gasteiger partial charge in [-0.05, 0) is 25.0 Å².